The van der Waals surface area contributed by atoms with Crippen molar-refractivity contribution < 1.29 is 29.0 Å². The highest BCUT2D eigenvalue weighted by atomic mass is 35.5. The molecule has 0 fully saturated rings. The summed E-state index contributed by atoms with van der Waals surface area (Å²) >= 11 is 6.01. The molecule has 2 amide bonds. The van der Waals surface area contributed by atoms with Gasteiger partial charge in [-0.25, -0.2) is 5.43 Å². The number of methoxy groups -OCH3 is 1. The summed E-state index contributed by atoms with van der Waals surface area (Å²) in [4.78, 5) is 33.3. The molecule has 0 saturated carbocycles. The van der Waals surface area contributed by atoms with E-state index >= 15 is 0 Å². The van der Waals surface area contributed by atoms with Crippen LogP contribution in [-0.2, 0) is 14.4 Å². The van der Waals surface area contributed by atoms with Gasteiger partial charge in [0.05, 0.1) is 24.3 Å². The maximum absolute atomic E-state index is 11.5. The molecule has 0 aliphatic carbocycles. The molecule has 9 nitrogen and oxygen atoms in total. The van der Waals surface area contributed by atoms with Crippen LogP contribution in [0.4, 0.5) is 0 Å². The Balaban J connectivity index is 2.79. The lowest BCUT2D eigenvalue weighted by Gasteiger charge is -2.13. The molecule has 0 aliphatic heterocycles. The molecule has 25 heavy (non-hydrogen) atoms. The van der Waals surface area contributed by atoms with Crippen molar-refractivity contribution in [2.75, 3.05) is 20.3 Å². The second-order valence-electron chi connectivity index (χ2n) is 4.65. The molecule has 0 saturated heterocycles. The number of amides is 2. The van der Waals surface area contributed by atoms with Crippen molar-refractivity contribution in [2.24, 2.45) is 5.10 Å². The third-order valence-electron chi connectivity index (χ3n) is 2.71. The number of benzene rings is 1. The highest BCUT2D eigenvalue weighted by Crippen LogP contribution is 2.35. The second kappa shape index (κ2) is 10.1. The van der Waals surface area contributed by atoms with E-state index in [9.17, 15) is 19.5 Å². The summed E-state index contributed by atoms with van der Waals surface area (Å²) in [6.07, 6.45) is 1.94. The Hall–Kier alpha value is -2.81. The molecule has 0 bridgehead atoms. The second-order valence-corrected chi connectivity index (χ2v) is 5.06. The third-order valence-corrected chi connectivity index (χ3v) is 2.99. The minimum Gasteiger partial charge on any atom is -0.546 e. The highest BCUT2D eigenvalue weighted by Gasteiger charge is 2.13. The Bertz CT molecular complexity index is 677. The zero-order valence-electron chi connectivity index (χ0n) is 13.6. The minimum atomic E-state index is -1.41. The summed E-state index contributed by atoms with van der Waals surface area (Å²) < 4.78 is 10.1. The first-order chi connectivity index (χ1) is 11.9. The number of nitrogens with one attached hydrogen (secondary N) is 2. The van der Waals surface area contributed by atoms with Gasteiger partial charge >= 0.3 is 11.8 Å². The van der Waals surface area contributed by atoms with Crippen molar-refractivity contribution in [3.8, 4) is 11.5 Å². The molecule has 1 rings (SSSR count). The number of carboxylic acid groups (broad SMARTS) is 1. The van der Waals surface area contributed by atoms with Crippen LogP contribution in [0.15, 0.2) is 17.2 Å². The van der Waals surface area contributed by atoms with E-state index in [2.05, 4.69) is 15.8 Å². The largest absolute Gasteiger partial charge is 0.546 e. The minimum absolute atomic E-state index is 0.0356. The smallest absolute Gasteiger partial charge is 0.329 e. The van der Waals surface area contributed by atoms with E-state index < -0.39 is 24.4 Å². The summed E-state index contributed by atoms with van der Waals surface area (Å²) in [5, 5.41) is 16.6. The molecule has 0 unspecified atom stereocenters. The Kier molecular flexibility index (Phi) is 8.21. The molecule has 1 aromatic carbocycles. The molecule has 0 radical (unpaired) electrons. The lowest BCUT2D eigenvalue weighted by molar-refractivity contribution is -0.307. The van der Waals surface area contributed by atoms with Crippen LogP contribution in [0, 0.1) is 0 Å². The predicted octanol–water partition coefficient (Wildman–Crippen LogP) is -0.546. The molecule has 0 aliphatic rings. The maximum atomic E-state index is 11.5. The van der Waals surface area contributed by atoms with Crippen LogP contribution in [0.3, 0.4) is 0 Å². The molecule has 0 spiro atoms. The van der Waals surface area contributed by atoms with E-state index in [4.69, 9.17) is 21.1 Å². The number of hydrogen-bond donors (Lipinski definition) is 2. The average molecular weight is 371 g/mol. The Labute approximate surface area is 148 Å². The van der Waals surface area contributed by atoms with Gasteiger partial charge in [0, 0.05) is 6.54 Å². The van der Waals surface area contributed by atoms with E-state index in [1.807, 2.05) is 6.92 Å². The van der Waals surface area contributed by atoms with E-state index in [0.29, 0.717) is 18.5 Å². The molecule has 2 N–H and O–H groups in total. The zero-order chi connectivity index (χ0) is 18.8. The fourth-order valence-electron chi connectivity index (χ4n) is 1.62. The number of ether oxygens (including phenoxy) is 2. The Morgan fingerprint density at radius 2 is 2.04 bits per heavy atom. The first-order valence-electron chi connectivity index (χ1n) is 7.20. The van der Waals surface area contributed by atoms with Crippen LogP contribution < -0.4 is 25.3 Å². The van der Waals surface area contributed by atoms with Gasteiger partial charge in [-0.3, -0.25) is 9.59 Å². The van der Waals surface area contributed by atoms with Crippen molar-refractivity contribution >= 4 is 35.6 Å². The maximum Gasteiger partial charge on any atom is 0.329 e. The van der Waals surface area contributed by atoms with Gasteiger partial charge in [0.15, 0.2) is 11.5 Å². The zero-order valence-corrected chi connectivity index (χ0v) is 14.4. The van der Waals surface area contributed by atoms with E-state index in [0.717, 1.165) is 0 Å². The van der Waals surface area contributed by atoms with Crippen LogP contribution in [0.5, 0.6) is 11.5 Å². The molecule has 10 heteroatoms. The van der Waals surface area contributed by atoms with Crippen molar-refractivity contribution in [3.05, 3.63) is 22.7 Å². The fraction of sp³-hybridized carbons (Fsp3) is 0.333. The van der Waals surface area contributed by atoms with Gasteiger partial charge in [-0.15, -0.1) is 0 Å². The number of carbonyl (C=O) groups is 3. The average Bonchev–Trinajstić information content (AvgIpc) is 2.57. The molecule has 0 aromatic heterocycles. The fourth-order valence-corrected chi connectivity index (χ4v) is 1.89. The van der Waals surface area contributed by atoms with Gasteiger partial charge in [-0.2, -0.15) is 5.10 Å². The summed E-state index contributed by atoms with van der Waals surface area (Å²) in [5.41, 5.74) is 2.50. The van der Waals surface area contributed by atoms with Crippen molar-refractivity contribution in [2.45, 2.75) is 13.3 Å². The van der Waals surface area contributed by atoms with Gasteiger partial charge in [0.2, 0.25) is 0 Å². The monoisotopic (exact) mass is 370 g/mol. The lowest BCUT2D eigenvalue weighted by Crippen LogP contribution is -2.38. The molecular formula is C15H17ClN3O6-. The Morgan fingerprint density at radius 1 is 1.32 bits per heavy atom. The van der Waals surface area contributed by atoms with Gasteiger partial charge in [-0.05, 0) is 24.1 Å². The number of carboxylic acids is 1. The van der Waals surface area contributed by atoms with Crippen molar-refractivity contribution in [1.29, 1.82) is 0 Å². The first kappa shape index (κ1) is 20.2. The topological polar surface area (TPSA) is 129 Å². The van der Waals surface area contributed by atoms with Gasteiger partial charge in [-0.1, -0.05) is 18.5 Å². The third kappa shape index (κ3) is 6.68. The summed E-state index contributed by atoms with van der Waals surface area (Å²) in [6, 6.07) is 2.88. The standard InChI is InChI=1S/C15H18ClN3O6/c1-3-4-17-14(22)15(23)19-18-7-9-5-10(16)13(11(6-9)24-2)25-8-12(20)21/h5-7H,3-4,8H2,1-2H3,(H,17,22)(H,19,23)(H,20,21)/p-1/b18-7-. The van der Waals surface area contributed by atoms with Crippen LogP contribution in [-0.4, -0.2) is 44.3 Å². The van der Waals surface area contributed by atoms with E-state index in [1.165, 1.54) is 25.5 Å². The van der Waals surface area contributed by atoms with Gasteiger partial charge in [0.1, 0.15) is 6.61 Å². The van der Waals surface area contributed by atoms with Crippen LogP contribution in [0.2, 0.25) is 5.02 Å². The molecule has 0 atom stereocenters. The SMILES string of the molecule is CCCNC(=O)C(=O)N/N=C\c1cc(Cl)c(OCC(=O)[O-])c(OC)c1. The van der Waals surface area contributed by atoms with Crippen molar-refractivity contribution in [1.82, 2.24) is 10.7 Å². The molecule has 136 valence electrons. The number of halogens is 1. The van der Waals surface area contributed by atoms with Crippen LogP contribution in [0.1, 0.15) is 18.9 Å². The molecular weight excluding hydrogens is 354 g/mol. The number of hydrogen-bond acceptors (Lipinski definition) is 7. The van der Waals surface area contributed by atoms with Gasteiger partial charge < -0.3 is 24.7 Å². The van der Waals surface area contributed by atoms with E-state index in [1.54, 1.807) is 0 Å². The summed E-state index contributed by atoms with van der Waals surface area (Å²) in [7, 11) is 1.35. The van der Waals surface area contributed by atoms with E-state index in [-0.39, 0.29) is 16.5 Å². The summed E-state index contributed by atoms with van der Waals surface area (Å²) in [6.45, 7) is 1.55. The number of aliphatic carboxylic acids is 1. The number of carbonyl (C=O) groups excluding carboxylic acids is 3. The Morgan fingerprint density at radius 3 is 2.64 bits per heavy atom. The number of hydrazone groups is 1. The molecule has 1 aromatic rings. The quantitative estimate of drug-likeness (QED) is 0.359. The highest BCUT2D eigenvalue weighted by molar-refractivity contribution is 6.35. The molecule has 0 heterocycles. The number of nitrogens with zero attached hydrogens (tertiary/aromatic N) is 1. The summed E-state index contributed by atoms with van der Waals surface area (Å²) in [5.74, 6) is -2.90. The van der Waals surface area contributed by atoms with Crippen LogP contribution >= 0.6 is 11.6 Å². The predicted molar refractivity (Wildman–Crippen MR) is 87.5 cm³/mol. The normalized spacial score (nSPS) is 10.4. The lowest BCUT2D eigenvalue weighted by atomic mass is 10.2. The van der Waals surface area contributed by atoms with Crippen LogP contribution in [0.25, 0.3) is 0 Å². The van der Waals surface area contributed by atoms with Crippen molar-refractivity contribution in [3.63, 3.8) is 0 Å². The first-order valence-corrected chi connectivity index (χ1v) is 7.58. The van der Waals surface area contributed by atoms with Gasteiger partial charge in [0.25, 0.3) is 0 Å². The number of rotatable bonds is 8.